The van der Waals surface area contributed by atoms with Gasteiger partial charge >= 0.3 is 0 Å². The van der Waals surface area contributed by atoms with Gasteiger partial charge in [0.2, 0.25) is 0 Å². The van der Waals surface area contributed by atoms with Crippen molar-refractivity contribution in [2.24, 2.45) is 0 Å². The largest absolute Gasteiger partial charge is 0.456 e. The monoisotopic (exact) mass is 688 g/mol. The lowest BCUT2D eigenvalue weighted by molar-refractivity contribution is 0.668. The molecule has 0 spiro atoms. The molecule has 8 aromatic carbocycles. The quantitative estimate of drug-likeness (QED) is 0.156. The molecule has 10 rings (SSSR count). The summed E-state index contributed by atoms with van der Waals surface area (Å²) in [6.45, 7) is 0. The highest BCUT2D eigenvalue weighted by atomic mass is 35.5. The van der Waals surface area contributed by atoms with E-state index in [2.05, 4.69) is 158 Å². The zero-order valence-corrected chi connectivity index (χ0v) is 29.1. The first-order valence-electron chi connectivity index (χ1n) is 17.8. The van der Waals surface area contributed by atoms with Crippen LogP contribution in [0.5, 0.6) is 0 Å². The third-order valence-electron chi connectivity index (χ3n) is 10.6. The molecule has 52 heavy (non-hydrogen) atoms. The molecule has 0 saturated carbocycles. The standard InChI is InChI=1S/C49H33ClO2/c50-35-28-41(40(32-16-6-2-7-17-32)26-31-14-4-1-5-15-31)48-43-30-42(36-20-10-11-22-39(36)49(43)52-46(48)29-35)47(33-18-8-3-9-19-33)34-24-25-38-37-21-12-13-23-44(37)51-45(38)27-34/h1-25,27-30,40,47H,26H2. The SMILES string of the molecule is Clc1cc(C(Cc2ccccc2)c2ccccc2)c2c(c1)oc1c3ccccc3c(C(c3ccccc3)c3ccc4c(c3)oc3ccccc34)cc12. The highest BCUT2D eigenvalue weighted by Crippen LogP contribution is 2.46. The molecule has 0 N–H and O–H groups in total. The molecule has 0 aliphatic heterocycles. The van der Waals surface area contributed by atoms with Gasteiger partial charge in [0.1, 0.15) is 22.3 Å². The van der Waals surface area contributed by atoms with Crippen LogP contribution in [0.15, 0.2) is 185 Å². The second kappa shape index (κ2) is 12.6. The summed E-state index contributed by atoms with van der Waals surface area (Å²) in [6.07, 6.45) is 0.831. The topological polar surface area (TPSA) is 26.3 Å². The van der Waals surface area contributed by atoms with Gasteiger partial charge in [-0.2, -0.15) is 0 Å². The van der Waals surface area contributed by atoms with Gasteiger partial charge < -0.3 is 8.83 Å². The first-order chi connectivity index (χ1) is 25.7. The maximum atomic E-state index is 6.95. The predicted octanol–water partition coefficient (Wildman–Crippen LogP) is 13.8. The molecule has 10 aromatic rings. The van der Waals surface area contributed by atoms with E-state index in [1.54, 1.807) is 0 Å². The van der Waals surface area contributed by atoms with Crippen molar-refractivity contribution >= 4 is 66.3 Å². The summed E-state index contributed by atoms with van der Waals surface area (Å²) in [6, 6.07) is 62.4. The Bertz CT molecular complexity index is 2890. The number of rotatable bonds is 7. The van der Waals surface area contributed by atoms with Crippen LogP contribution in [-0.4, -0.2) is 0 Å². The average Bonchev–Trinajstić information content (AvgIpc) is 3.76. The maximum absolute atomic E-state index is 6.95. The lowest BCUT2D eigenvalue weighted by atomic mass is 9.80. The Kier molecular flexibility index (Phi) is 7.44. The molecular formula is C49H33ClO2. The number of furan rings is 2. The summed E-state index contributed by atoms with van der Waals surface area (Å²) in [7, 11) is 0. The van der Waals surface area contributed by atoms with Crippen LogP contribution in [0.3, 0.4) is 0 Å². The van der Waals surface area contributed by atoms with E-state index in [4.69, 9.17) is 20.4 Å². The minimum atomic E-state index is -0.0666. The summed E-state index contributed by atoms with van der Waals surface area (Å²) in [5.74, 6) is -0.0102. The van der Waals surface area contributed by atoms with Gasteiger partial charge in [-0.1, -0.05) is 157 Å². The smallest absolute Gasteiger partial charge is 0.143 e. The van der Waals surface area contributed by atoms with Gasteiger partial charge in [0.15, 0.2) is 0 Å². The van der Waals surface area contributed by atoms with Gasteiger partial charge in [-0.25, -0.2) is 0 Å². The van der Waals surface area contributed by atoms with Gasteiger partial charge in [0.25, 0.3) is 0 Å². The number of para-hydroxylation sites is 1. The summed E-state index contributed by atoms with van der Waals surface area (Å²) < 4.78 is 13.3. The Balaban J connectivity index is 1.26. The third kappa shape index (κ3) is 5.18. The summed E-state index contributed by atoms with van der Waals surface area (Å²) in [5, 5.41) is 7.36. The van der Waals surface area contributed by atoms with Crippen LogP contribution in [0.2, 0.25) is 5.02 Å². The van der Waals surface area contributed by atoms with Crippen molar-refractivity contribution in [1.82, 2.24) is 0 Å². The van der Waals surface area contributed by atoms with Crippen LogP contribution in [0.4, 0.5) is 0 Å². The van der Waals surface area contributed by atoms with Crippen molar-refractivity contribution in [2.75, 3.05) is 0 Å². The fourth-order valence-corrected chi connectivity index (χ4v) is 8.55. The fourth-order valence-electron chi connectivity index (χ4n) is 8.33. The maximum Gasteiger partial charge on any atom is 0.143 e. The van der Waals surface area contributed by atoms with Crippen LogP contribution >= 0.6 is 11.6 Å². The number of benzene rings is 8. The molecule has 0 fully saturated rings. The number of fused-ring (bicyclic) bond motifs is 8. The molecule has 0 amide bonds. The lowest BCUT2D eigenvalue weighted by Crippen LogP contribution is -2.06. The van der Waals surface area contributed by atoms with E-state index in [0.29, 0.717) is 5.02 Å². The summed E-state index contributed by atoms with van der Waals surface area (Å²) in [4.78, 5) is 0. The molecule has 2 heterocycles. The molecule has 0 aliphatic rings. The Hall–Kier alpha value is -6.09. The zero-order valence-electron chi connectivity index (χ0n) is 28.3. The Labute approximate surface area is 306 Å². The molecule has 0 aliphatic carbocycles. The van der Waals surface area contributed by atoms with Gasteiger partial charge in [0.05, 0.1) is 0 Å². The van der Waals surface area contributed by atoms with Crippen LogP contribution in [0.25, 0.3) is 54.6 Å². The second-order valence-corrected chi connectivity index (χ2v) is 14.1. The highest BCUT2D eigenvalue weighted by Gasteiger charge is 2.27. The van der Waals surface area contributed by atoms with Crippen molar-refractivity contribution in [3.05, 3.63) is 214 Å². The van der Waals surface area contributed by atoms with Crippen LogP contribution in [-0.2, 0) is 6.42 Å². The van der Waals surface area contributed by atoms with Gasteiger partial charge in [-0.3, -0.25) is 0 Å². The van der Waals surface area contributed by atoms with Crippen molar-refractivity contribution in [2.45, 2.75) is 18.3 Å². The van der Waals surface area contributed by atoms with Crippen molar-refractivity contribution in [3.8, 4) is 0 Å². The number of hydrogen-bond donors (Lipinski definition) is 0. The molecule has 0 bridgehead atoms. The molecule has 2 atom stereocenters. The van der Waals surface area contributed by atoms with Crippen LogP contribution in [0, 0.1) is 0 Å². The predicted molar refractivity (Wildman–Crippen MR) is 216 cm³/mol. The normalized spacial score (nSPS) is 13.0. The number of halogens is 1. The van der Waals surface area contributed by atoms with Gasteiger partial charge in [0, 0.05) is 49.9 Å². The van der Waals surface area contributed by atoms with Gasteiger partial charge in [-0.05, 0) is 69.5 Å². The minimum absolute atomic E-state index is 0.0564. The zero-order chi connectivity index (χ0) is 34.6. The fraction of sp³-hybridized carbons (Fsp3) is 0.0612. The van der Waals surface area contributed by atoms with Crippen molar-refractivity contribution in [3.63, 3.8) is 0 Å². The van der Waals surface area contributed by atoms with Crippen LogP contribution < -0.4 is 0 Å². The molecule has 3 heteroatoms. The lowest BCUT2D eigenvalue weighted by Gasteiger charge is -2.22. The molecule has 2 unspecified atom stereocenters. The first kappa shape index (κ1) is 30.7. The molecular weight excluding hydrogens is 656 g/mol. The number of hydrogen-bond acceptors (Lipinski definition) is 2. The summed E-state index contributed by atoms with van der Waals surface area (Å²) in [5.41, 5.74) is 10.7. The van der Waals surface area contributed by atoms with Crippen molar-refractivity contribution < 1.29 is 8.83 Å². The first-order valence-corrected chi connectivity index (χ1v) is 18.2. The van der Waals surface area contributed by atoms with E-state index in [0.717, 1.165) is 66.6 Å². The molecule has 0 radical (unpaired) electrons. The second-order valence-electron chi connectivity index (χ2n) is 13.7. The Morgan fingerprint density at radius 2 is 1.06 bits per heavy atom. The van der Waals surface area contributed by atoms with E-state index in [9.17, 15) is 0 Å². The molecule has 2 nitrogen and oxygen atoms in total. The van der Waals surface area contributed by atoms with E-state index in [-0.39, 0.29) is 11.8 Å². The molecule has 2 aromatic heterocycles. The van der Waals surface area contributed by atoms with Gasteiger partial charge in [-0.15, -0.1) is 0 Å². The van der Waals surface area contributed by atoms with E-state index >= 15 is 0 Å². The Morgan fingerprint density at radius 1 is 0.423 bits per heavy atom. The molecule has 0 saturated heterocycles. The van der Waals surface area contributed by atoms with E-state index in [1.165, 1.54) is 27.8 Å². The summed E-state index contributed by atoms with van der Waals surface area (Å²) >= 11 is 6.95. The Morgan fingerprint density at radius 3 is 1.83 bits per heavy atom. The minimum Gasteiger partial charge on any atom is -0.456 e. The van der Waals surface area contributed by atoms with Crippen LogP contribution in [0.1, 0.15) is 45.2 Å². The molecule has 248 valence electrons. The van der Waals surface area contributed by atoms with E-state index in [1.807, 2.05) is 18.2 Å². The van der Waals surface area contributed by atoms with Crippen molar-refractivity contribution in [1.29, 1.82) is 0 Å². The average molecular weight is 689 g/mol. The highest BCUT2D eigenvalue weighted by molar-refractivity contribution is 6.32. The third-order valence-corrected chi connectivity index (χ3v) is 10.9. The van der Waals surface area contributed by atoms with E-state index < -0.39 is 0 Å².